The molecule has 0 saturated carbocycles. The number of carbonyl (C=O) groups is 1. The van der Waals surface area contributed by atoms with Gasteiger partial charge in [0.2, 0.25) is 0 Å². The molecule has 0 aliphatic heterocycles. The molecule has 1 aromatic rings. The molecule has 5 nitrogen and oxygen atoms in total. The van der Waals surface area contributed by atoms with Gasteiger partial charge in [0.05, 0.1) is 11.8 Å². The zero-order valence-electron chi connectivity index (χ0n) is 8.95. The summed E-state index contributed by atoms with van der Waals surface area (Å²) in [6.07, 6.45) is 1.34. The molecule has 0 aliphatic rings. The molecule has 1 rings (SSSR count). The average molecular weight is 212 g/mol. The van der Waals surface area contributed by atoms with Crippen LogP contribution in [0.3, 0.4) is 0 Å². The fourth-order valence-electron chi connectivity index (χ4n) is 1.44. The molecule has 0 aromatic carbocycles. The normalized spacial score (nSPS) is 12.7. The van der Waals surface area contributed by atoms with Crippen LogP contribution in [0.25, 0.3) is 0 Å². The number of aromatic amines is 1. The lowest BCUT2D eigenvalue weighted by molar-refractivity contribution is 0.0689. The fourth-order valence-corrected chi connectivity index (χ4v) is 1.44. The maximum atomic E-state index is 10.9. The van der Waals surface area contributed by atoms with E-state index in [0.717, 1.165) is 12.8 Å². The zero-order chi connectivity index (χ0) is 11.4. The van der Waals surface area contributed by atoms with Crippen molar-refractivity contribution in [2.45, 2.75) is 39.2 Å². The molecule has 84 valence electrons. The van der Waals surface area contributed by atoms with Crippen molar-refractivity contribution in [1.29, 1.82) is 0 Å². The second-order valence-electron chi connectivity index (χ2n) is 3.62. The van der Waals surface area contributed by atoms with Crippen LogP contribution in [-0.2, 0) is 12.8 Å². The quantitative estimate of drug-likeness (QED) is 0.679. The number of carboxylic acid groups (broad SMARTS) is 1. The van der Waals surface area contributed by atoms with Gasteiger partial charge in [0.15, 0.2) is 5.69 Å². The second kappa shape index (κ2) is 4.93. The third-order valence-electron chi connectivity index (χ3n) is 2.02. The Hall–Kier alpha value is -1.36. The van der Waals surface area contributed by atoms with Crippen LogP contribution < -0.4 is 0 Å². The molecule has 0 spiro atoms. The maximum absolute atomic E-state index is 10.9. The van der Waals surface area contributed by atoms with Crippen LogP contribution in [0.2, 0.25) is 0 Å². The smallest absolute Gasteiger partial charge is 0.356 e. The predicted molar refractivity (Wildman–Crippen MR) is 54.9 cm³/mol. The van der Waals surface area contributed by atoms with Crippen molar-refractivity contribution in [3.05, 3.63) is 17.2 Å². The lowest BCUT2D eigenvalue weighted by Gasteiger charge is -2.01. The predicted octanol–water partition coefficient (Wildman–Crippen LogP) is 0.984. The second-order valence-corrected chi connectivity index (χ2v) is 3.62. The van der Waals surface area contributed by atoms with Crippen molar-refractivity contribution in [3.63, 3.8) is 0 Å². The number of hydrogen-bond donors (Lipinski definition) is 3. The topological polar surface area (TPSA) is 86.2 Å². The van der Waals surface area contributed by atoms with Crippen molar-refractivity contribution >= 4 is 5.97 Å². The highest BCUT2D eigenvalue weighted by molar-refractivity contribution is 5.86. The molecule has 0 fully saturated rings. The molecule has 15 heavy (non-hydrogen) atoms. The Bertz CT molecular complexity index is 344. The van der Waals surface area contributed by atoms with Gasteiger partial charge in [-0.2, -0.15) is 0 Å². The van der Waals surface area contributed by atoms with E-state index in [0.29, 0.717) is 17.9 Å². The van der Waals surface area contributed by atoms with Crippen molar-refractivity contribution in [2.75, 3.05) is 0 Å². The minimum atomic E-state index is -1.05. The van der Waals surface area contributed by atoms with Gasteiger partial charge in [-0.1, -0.05) is 6.92 Å². The molecule has 1 heterocycles. The van der Waals surface area contributed by atoms with Gasteiger partial charge in [0, 0.05) is 12.8 Å². The highest BCUT2D eigenvalue weighted by Gasteiger charge is 2.17. The van der Waals surface area contributed by atoms with Gasteiger partial charge in [-0.15, -0.1) is 0 Å². The summed E-state index contributed by atoms with van der Waals surface area (Å²) in [5.74, 6) is -0.380. The number of nitrogens with zero attached hydrogens (tertiary/aromatic N) is 1. The van der Waals surface area contributed by atoms with Crippen LogP contribution in [-0.4, -0.2) is 32.3 Å². The van der Waals surface area contributed by atoms with Crippen LogP contribution in [0.4, 0.5) is 0 Å². The Morgan fingerprint density at radius 2 is 2.27 bits per heavy atom. The Morgan fingerprint density at radius 1 is 1.60 bits per heavy atom. The summed E-state index contributed by atoms with van der Waals surface area (Å²) < 4.78 is 0. The van der Waals surface area contributed by atoms with E-state index in [1.807, 2.05) is 6.92 Å². The number of aryl methyl sites for hydroxylation is 1. The van der Waals surface area contributed by atoms with Gasteiger partial charge in [-0.05, 0) is 13.3 Å². The lowest BCUT2D eigenvalue weighted by Crippen LogP contribution is -2.09. The summed E-state index contributed by atoms with van der Waals surface area (Å²) in [6.45, 7) is 3.61. The van der Waals surface area contributed by atoms with Gasteiger partial charge in [-0.25, -0.2) is 9.78 Å². The first-order valence-electron chi connectivity index (χ1n) is 5.03. The summed E-state index contributed by atoms with van der Waals surface area (Å²) in [6, 6.07) is 0. The molecule has 0 radical (unpaired) electrons. The van der Waals surface area contributed by atoms with Crippen LogP contribution in [0.1, 0.15) is 42.3 Å². The van der Waals surface area contributed by atoms with E-state index in [2.05, 4.69) is 9.97 Å². The Kier molecular flexibility index (Phi) is 3.85. The number of imidazole rings is 1. The van der Waals surface area contributed by atoms with Gasteiger partial charge < -0.3 is 15.2 Å². The molecular weight excluding hydrogens is 196 g/mol. The van der Waals surface area contributed by atoms with E-state index < -0.39 is 12.1 Å². The van der Waals surface area contributed by atoms with Crippen molar-refractivity contribution in [3.8, 4) is 0 Å². The number of carboxylic acids is 1. The number of aliphatic hydroxyl groups is 1. The molecule has 1 atom stereocenters. The number of aliphatic hydroxyl groups excluding tert-OH is 1. The van der Waals surface area contributed by atoms with Crippen molar-refractivity contribution in [2.24, 2.45) is 0 Å². The average Bonchev–Trinajstić information content (AvgIpc) is 2.47. The summed E-state index contributed by atoms with van der Waals surface area (Å²) in [4.78, 5) is 17.8. The number of aromatic nitrogens is 2. The van der Waals surface area contributed by atoms with E-state index >= 15 is 0 Å². The molecular formula is C10H16N2O3. The van der Waals surface area contributed by atoms with Crippen molar-refractivity contribution in [1.82, 2.24) is 9.97 Å². The van der Waals surface area contributed by atoms with Crippen LogP contribution >= 0.6 is 0 Å². The molecule has 1 unspecified atom stereocenters. The molecule has 1 aromatic heterocycles. The summed E-state index contributed by atoms with van der Waals surface area (Å²) in [5, 5.41) is 18.1. The summed E-state index contributed by atoms with van der Waals surface area (Å²) in [5.41, 5.74) is 0.528. The first-order chi connectivity index (χ1) is 7.04. The molecule has 0 saturated heterocycles. The zero-order valence-corrected chi connectivity index (χ0v) is 8.95. The summed E-state index contributed by atoms with van der Waals surface area (Å²) >= 11 is 0. The lowest BCUT2D eigenvalue weighted by atomic mass is 10.2. The Labute approximate surface area is 88.2 Å². The first kappa shape index (κ1) is 11.7. The minimum absolute atomic E-state index is 0.0272. The number of hydrogen-bond acceptors (Lipinski definition) is 3. The third kappa shape index (κ3) is 3.06. The van der Waals surface area contributed by atoms with Crippen molar-refractivity contribution < 1.29 is 15.0 Å². The van der Waals surface area contributed by atoms with E-state index in [9.17, 15) is 9.90 Å². The standard InChI is InChI=1S/C10H16N2O3/c1-3-4-8-11-7(5-6(2)13)9(12-8)10(14)15/h6,13H,3-5H2,1-2H3,(H,11,12)(H,14,15). The Morgan fingerprint density at radius 3 is 2.73 bits per heavy atom. The van der Waals surface area contributed by atoms with Crippen LogP contribution in [0.15, 0.2) is 0 Å². The number of aromatic carboxylic acids is 1. The summed E-state index contributed by atoms with van der Waals surface area (Å²) in [7, 11) is 0. The maximum Gasteiger partial charge on any atom is 0.356 e. The first-order valence-corrected chi connectivity index (χ1v) is 5.03. The third-order valence-corrected chi connectivity index (χ3v) is 2.02. The molecule has 5 heteroatoms. The van der Waals surface area contributed by atoms with Gasteiger partial charge in [0.1, 0.15) is 5.82 Å². The number of H-pyrrole nitrogens is 1. The Balaban J connectivity index is 2.95. The van der Waals surface area contributed by atoms with Crippen LogP contribution in [0.5, 0.6) is 0 Å². The molecule has 0 amide bonds. The number of nitrogens with one attached hydrogen (secondary N) is 1. The number of rotatable bonds is 5. The van der Waals surface area contributed by atoms with E-state index in [1.54, 1.807) is 6.92 Å². The fraction of sp³-hybridized carbons (Fsp3) is 0.600. The largest absolute Gasteiger partial charge is 0.476 e. The van der Waals surface area contributed by atoms with Gasteiger partial charge in [0.25, 0.3) is 0 Å². The highest BCUT2D eigenvalue weighted by Crippen LogP contribution is 2.10. The van der Waals surface area contributed by atoms with E-state index in [1.165, 1.54) is 0 Å². The van der Waals surface area contributed by atoms with Gasteiger partial charge >= 0.3 is 5.97 Å². The molecule has 3 N–H and O–H groups in total. The molecule has 0 bridgehead atoms. The SMILES string of the molecule is CCCc1nc(C(=O)O)c(CC(C)O)[nH]1. The van der Waals surface area contributed by atoms with E-state index in [4.69, 9.17) is 5.11 Å². The monoisotopic (exact) mass is 212 g/mol. The minimum Gasteiger partial charge on any atom is -0.476 e. The van der Waals surface area contributed by atoms with Gasteiger partial charge in [-0.3, -0.25) is 0 Å². The van der Waals surface area contributed by atoms with Crippen LogP contribution in [0, 0.1) is 0 Å². The van der Waals surface area contributed by atoms with E-state index in [-0.39, 0.29) is 5.69 Å². The molecule has 0 aliphatic carbocycles. The highest BCUT2D eigenvalue weighted by atomic mass is 16.4.